The minimum atomic E-state index is -0.992. The summed E-state index contributed by atoms with van der Waals surface area (Å²) in [6, 6.07) is 5.86. The van der Waals surface area contributed by atoms with Gasteiger partial charge in [-0.3, -0.25) is 0 Å². The Morgan fingerprint density at radius 2 is 1.76 bits per heavy atom. The molecule has 0 radical (unpaired) electrons. The van der Waals surface area contributed by atoms with E-state index in [4.69, 9.17) is 19.3 Å². The first-order chi connectivity index (χ1) is 18.4. The summed E-state index contributed by atoms with van der Waals surface area (Å²) >= 11 is 0. The van der Waals surface area contributed by atoms with Crippen LogP contribution in [0, 0.1) is 17.8 Å². The number of unbranched alkanes of at least 4 members (excludes halogenated alkanes) is 6. The van der Waals surface area contributed by atoms with E-state index >= 15 is 0 Å². The van der Waals surface area contributed by atoms with Crippen molar-refractivity contribution in [3.63, 3.8) is 0 Å². The minimum absolute atomic E-state index is 0.0384. The zero-order valence-electron chi connectivity index (χ0n) is 23.4. The van der Waals surface area contributed by atoms with Crippen LogP contribution in [-0.4, -0.2) is 54.2 Å². The van der Waals surface area contributed by atoms with Crippen molar-refractivity contribution in [2.75, 3.05) is 19.8 Å². The molecule has 2 aliphatic carbocycles. The molecule has 1 aromatic rings. The molecule has 5 atom stereocenters. The van der Waals surface area contributed by atoms with Crippen molar-refractivity contribution >= 4 is 11.9 Å². The SMILES string of the molecule is CCCCCCCCC[C@H](O)CC[C@@H]1[C@H]2Cc3cccc(OCC(=O)O)c3C[C@H]2C[C@H]1OC(=O)COCC. The van der Waals surface area contributed by atoms with Crippen LogP contribution >= 0.6 is 0 Å². The third-order valence-corrected chi connectivity index (χ3v) is 8.35. The average Bonchev–Trinajstić information content (AvgIpc) is 3.23. The van der Waals surface area contributed by atoms with E-state index in [0.717, 1.165) is 50.5 Å². The van der Waals surface area contributed by atoms with Crippen molar-refractivity contribution < 1.29 is 34.0 Å². The number of ether oxygens (including phenoxy) is 3. The second-order valence-corrected chi connectivity index (χ2v) is 11.1. The molecule has 0 unspecified atom stereocenters. The van der Waals surface area contributed by atoms with Gasteiger partial charge in [-0.1, -0.05) is 64.0 Å². The number of esters is 1. The lowest BCUT2D eigenvalue weighted by Gasteiger charge is -2.32. The lowest BCUT2D eigenvalue weighted by Crippen LogP contribution is -2.30. The smallest absolute Gasteiger partial charge is 0.341 e. The van der Waals surface area contributed by atoms with Crippen LogP contribution in [0.3, 0.4) is 0 Å². The molecule has 2 N–H and O–H groups in total. The average molecular weight is 533 g/mol. The maximum absolute atomic E-state index is 12.5. The molecule has 0 aromatic heterocycles. The Balaban J connectivity index is 1.60. The summed E-state index contributed by atoms with van der Waals surface area (Å²) in [6.07, 6.45) is 12.9. The van der Waals surface area contributed by atoms with Gasteiger partial charge >= 0.3 is 11.9 Å². The van der Waals surface area contributed by atoms with E-state index < -0.39 is 5.97 Å². The van der Waals surface area contributed by atoms with Gasteiger partial charge in [-0.2, -0.15) is 0 Å². The van der Waals surface area contributed by atoms with Gasteiger partial charge in [0, 0.05) is 6.61 Å². The Labute approximate surface area is 228 Å². The molecule has 1 saturated carbocycles. The van der Waals surface area contributed by atoms with Crippen LogP contribution in [0.2, 0.25) is 0 Å². The third kappa shape index (κ3) is 9.26. The van der Waals surface area contributed by atoms with Gasteiger partial charge < -0.3 is 24.4 Å². The topological polar surface area (TPSA) is 102 Å². The van der Waals surface area contributed by atoms with Crippen LogP contribution in [0.1, 0.15) is 95.6 Å². The van der Waals surface area contributed by atoms with E-state index in [1.54, 1.807) is 0 Å². The van der Waals surface area contributed by atoms with Gasteiger partial charge in [-0.15, -0.1) is 0 Å². The van der Waals surface area contributed by atoms with E-state index in [0.29, 0.717) is 24.2 Å². The number of carbonyl (C=O) groups excluding carboxylic acids is 1. The highest BCUT2D eigenvalue weighted by atomic mass is 16.6. The normalized spacial score (nSPS) is 22.9. The molecule has 0 spiro atoms. The van der Waals surface area contributed by atoms with Gasteiger partial charge in [-0.25, -0.2) is 9.59 Å². The number of rotatable bonds is 18. The number of hydrogen-bond acceptors (Lipinski definition) is 6. The predicted molar refractivity (Wildman–Crippen MR) is 146 cm³/mol. The van der Waals surface area contributed by atoms with Crippen molar-refractivity contribution in [3.8, 4) is 5.75 Å². The van der Waals surface area contributed by atoms with E-state index in [1.165, 1.54) is 44.1 Å². The maximum atomic E-state index is 12.5. The highest BCUT2D eigenvalue weighted by Gasteiger charge is 2.47. The van der Waals surface area contributed by atoms with Gasteiger partial charge in [-0.05, 0) is 80.4 Å². The van der Waals surface area contributed by atoms with Crippen molar-refractivity contribution in [1.29, 1.82) is 0 Å². The second kappa shape index (κ2) is 16.1. The monoisotopic (exact) mass is 532 g/mol. The molecule has 0 heterocycles. The summed E-state index contributed by atoms with van der Waals surface area (Å²) in [5, 5.41) is 19.8. The Morgan fingerprint density at radius 1 is 1.00 bits per heavy atom. The number of hydrogen-bond donors (Lipinski definition) is 2. The molecule has 7 nitrogen and oxygen atoms in total. The Hall–Kier alpha value is -2.12. The quantitative estimate of drug-likeness (QED) is 0.184. The standard InChI is InChI=1S/C31H48O7/c1-3-5-6-7-8-9-10-13-24(32)15-16-25-26-17-22-12-11-14-28(37-20-30(33)34)27(22)18-23(26)19-29(25)38-31(35)21-36-4-2/h11-12,14,23-26,29,32H,3-10,13,15-21H2,1-2H3,(H,33,34)/t23-,24-,25+,26-,29+/m0/s1. The zero-order chi connectivity index (χ0) is 27.3. The highest BCUT2D eigenvalue weighted by molar-refractivity contribution is 5.71. The fourth-order valence-electron chi connectivity index (χ4n) is 6.44. The van der Waals surface area contributed by atoms with Crippen LogP contribution in [0.15, 0.2) is 18.2 Å². The summed E-state index contributed by atoms with van der Waals surface area (Å²) in [6.45, 7) is 4.15. The van der Waals surface area contributed by atoms with E-state index in [9.17, 15) is 14.7 Å². The largest absolute Gasteiger partial charge is 0.482 e. The first-order valence-electron chi connectivity index (χ1n) is 14.8. The number of benzene rings is 1. The fraction of sp³-hybridized carbons (Fsp3) is 0.742. The predicted octanol–water partition coefficient (Wildman–Crippen LogP) is 5.73. The third-order valence-electron chi connectivity index (χ3n) is 8.35. The number of aliphatic carboxylic acids is 1. The number of fused-ring (bicyclic) bond motifs is 2. The Morgan fingerprint density at radius 3 is 2.50 bits per heavy atom. The molecule has 214 valence electrons. The highest BCUT2D eigenvalue weighted by Crippen LogP contribution is 2.49. The molecule has 2 aliphatic rings. The molecule has 0 bridgehead atoms. The molecule has 0 aliphatic heterocycles. The number of carbonyl (C=O) groups is 2. The van der Waals surface area contributed by atoms with Gasteiger partial charge in [0.1, 0.15) is 18.5 Å². The van der Waals surface area contributed by atoms with Crippen molar-refractivity contribution in [2.45, 2.75) is 110 Å². The summed E-state index contributed by atoms with van der Waals surface area (Å²) in [7, 11) is 0. The molecule has 1 aromatic carbocycles. The molecular weight excluding hydrogens is 484 g/mol. The van der Waals surface area contributed by atoms with Crippen molar-refractivity contribution in [2.24, 2.45) is 17.8 Å². The molecule has 0 saturated heterocycles. The summed E-state index contributed by atoms with van der Waals surface area (Å²) in [4.78, 5) is 23.5. The van der Waals surface area contributed by atoms with Crippen LogP contribution < -0.4 is 4.74 Å². The van der Waals surface area contributed by atoms with Crippen molar-refractivity contribution in [1.82, 2.24) is 0 Å². The fourth-order valence-corrected chi connectivity index (χ4v) is 6.44. The first-order valence-corrected chi connectivity index (χ1v) is 14.8. The van der Waals surface area contributed by atoms with Gasteiger partial charge in [0.25, 0.3) is 0 Å². The summed E-state index contributed by atoms with van der Waals surface area (Å²) < 4.78 is 16.8. The summed E-state index contributed by atoms with van der Waals surface area (Å²) in [5.74, 6) is 0.189. The van der Waals surface area contributed by atoms with Crippen LogP contribution in [-0.2, 0) is 31.9 Å². The lowest BCUT2D eigenvalue weighted by molar-refractivity contribution is -0.156. The molecular formula is C31H48O7. The molecule has 38 heavy (non-hydrogen) atoms. The number of aliphatic hydroxyl groups excluding tert-OH is 1. The number of carboxylic acids is 1. The number of carboxylic acid groups (broad SMARTS) is 1. The Kier molecular flexibility index (Phi) is 12.9. The minimum Gasteiger partial charge on any atom is -0.482 e. The molecule has 3 rings (SSSR count). The summed E-state index contributed by atoms with van der Waals surface area (Å²) in [5.41, 5.74) is 2.26. The number of aliphatic hydroxyl groups is 1. The molecule has 1 fully saturated rings. The molecule has 7 heteroatoms. The van der Waals surface area contributed by atoms with E-state index in [1.807, 2.05) is 19.1 Å². The van der Waals surface area contributed by atoms with Gasteiger partial charge in [0.2, 0.25) is 0 Å². The van der Waals surface area contributed by atoms with Crippen LogP contribution in [0.4, 0.5) is 0 Å². The Bertz CT molecular complexity index is 870. The van der Waals surface area contributed by atoms with E-state index in [2.05, 4.69) is 13.0 Å². The maximum Gasteiger partial charge on any atom is 0.341 e. The molecule has 0 amide bonds. The van der Waals surface area contributed by atoms with Crippen LogP contribution in [0.5, 0.6) is 5.75 Å². The zero-order valence-corrected chi connectivity index (χ0v) is 23.4. The van der Waals surface area contributed by atoms with E-state index in [-0.39, 0.29) is 37.3 Å². The second-order valence-electron chi connectivity index (χ2n) is 11.1. The van der Waals surface area contributed by atoms with Gasteiger partial charge in [0.15, 0.2) is 6.61 Å². The first kappa shape index (κ1) is 30.4. The van der Waals surface area contributed by atoms with Gasteiger partial charge in [0.05, 0.1) is 6.10 Å². The van der Waals surface area contributed by atoms with Crippen molar-refractivity contribution in [3.05, 3.63) is 29.3 Å². The van der Waals surface area contributed by atoms with Crippen LogP contribution in [0.25, 0.3) is 0 Å². The lowest BCUT2D eigenvalue weighted by atomic mass is 9.73.